The zero-order chi connectivity index (χ0) is 22.3. The predicted octanol–water partition coefficient (Wildman–Crippen LogP) is 2.44. The third kappa shape index (κ3) is 3.89. The summed E-state index contributed by atoms with van der Waals surface area (Å²) in [5.41, 5.74) is 0.844. The molecule has 0 saturated heterocycles. The Morgan fingerprint density at radius 1 is 1.13 bits per heavy atom. The highest BCUT2D eigenvalue weighted by atomic mass is 79.9. The minimum Gasteiger partial charge on any atom is -0.355 e. The van der Waals surface area contributed by atoms with Crippen molar-refractivity contribution in [2.75, 3.05) is 19.4 Å². The lowest BCUT2D eigenvalue weighted by molar-refractivity contribution is 0.102. The molecular weight excluding hydrogens is 494 g/mol. The number of nitrogens with one attached hydrogen (secondary N) is 2. The van der Waals surface area contributed by atoms with Gasteiger partial charge < -0.3 is 9.84 Å². The molecule has 13 heteroatoms. The Morgan fingerprint density at radius 2 is 1.90 bits per heavy atom. The molecule has 4 aromatic rings. The number of rotatable bonds is 5. The van der Waals surface area contributed by atoms with Crippen molar-refractivity contribution < 1.29 is 22.3 Å². The van der Waals surface area contributed by atoms with Crippen molar-refractivity contribution >= 4 is 48.5 Å². The SMILES string of the molecule is CN(C)S(=O)(=O)c1ccc2onc(C(=O)Nc3ccc(Br)cc3-c3noc(=O)[nH]3)c2c1. The maximum Gasteiger partial charge on any atom is 0.439 e. The lowest BCUT2D eigenvalue weighted by Gasteiger charge is -2.11. The highest BCUT2D eigenvalue weighted by molar-refractivity contribution is 9.10. The van der Waals surface area contributed by atoms with Gasteiger partial charge in [0.2, 0.25) is 10.0 Å². The summed E-state index contributed by atoms with van der Waals surface area (Å²) in [6.07, 6.45) is 0. The van der Waals surface area contributed by atoms with Crippen molar-refractivity contribution in [1.29, 1.82) is 0 Å². The number of aromatic nitrogens is 3. The summed E-state index contributed by atoms with van der Waals surface area (Å²) in [5.74, 6) is -1.28. The number of hydrogen-bond acceptors (Lipinski definition) is 8. The van der Waals surface area contributed by atoms with Crippen molar-refractivity contribution in [3.8, 4) is 11.4 Å². The maximum absolute atomic E-state index is 12.9. The summed E-state index contributed by atoms with van der Waals surface area (Å²) in [7, 11) is -0.905. The number of amides is 1. The molecule has 2 heterocycles. The number of hydrogen-bond donors (Lipinski definition) is 2. The van der Waals surface area contributed by atoms with Crippen molar-refractivity contribution in [2.24, 2.45) is 0 Å². The molecule has 0 atom stereocenters. The molecule has 0 unspecified atom stereocenters. The fourth-order valence-electron chi connectivity index (χ4n) is 2.80. The van der Waals surface area contributed by atoms with E-state index in [1.807, 2.05) is 0 Å². The van der Waals surface area contributed by atoms with Crippen LogP contribution < -0.4 is 11.1 Å². The number of sulfonamides is 1. The molecule has 0 saturated carbocycles. The zero-order valence-electron chi connectivity index (χ0n) is 16.0. The van der Waals surface area contributed by atoms with Crippen LogP contribution in [0.1, 0.15) is 10.5 Å². The van der Waals surface area contributed by atoms with E-state index in [-0.39, 0.29) is 27.4 Å². The smallest absolute Gasteiger partial charge is 0.355 e. The van der Waals surface area contributed by atoms with Gasteiger partial charge in [0.1, 0.15) is 0 Å². The van der Waals surface area contributed by atoms with E-state index in [1.165, 1.54) is 32.3 Å². The standard InChI is InChI=1S/C18H14BrN5O6S/c1-24(2)31(27,28)10-4-6-14-12(8-10)15(22-29-14)17(25)20-13-5-3-9(19)7-11(13)16-21-18(26)30-23-16/h3-8H,1-2H3,(H,20,25)(H,21,23,26). The average molecular weight is 508 g/mol. The van der Waals surface area contributed by atoms with Crippen LogP contribution in [0.15, 0.2) is 59.6 Å². The molecule has 0 aliphatic heterocycles. The molecule has 31 heavy (non-hydrogen) atoms. The van der Waals surface area contributed by atoms with Crippen LogP contribution in [0.3, 0.4) is 0 Å². The summed E-state index contributed by atoms with van der Waals surface area (Å²) >= 11 is 3.32. The largest absolute Gasteiger partial charge is 0.439 e. The second kappa shape index (κ2) is 7.76. The second-order valence-electron chi connectivity index (χ2n) is 6.56. The first kappa shape index (κ1) is 21.0. The van der Waals surface area contributed by atoms with Crippen LogP contribution in [0, 0.1) is 0 Å². The van der Waals surface area contributed by atoms with Crippen LogP contribution in [-0.2, 0) is 10.0 Å². The Labute approximate surface area is 183 Å². The van der Waals surface area contributed by atoms with E-state index in [4.69, 9.17) is 4.52 Å². The van der Waals surface area contributed by atoms with E-state index in [0.717, 1.165) is 4.31 Å². The van der Waals surface area contributed by atoms with Gasteiger partial charge in [0.05, 0.1) is 16.0 Å². The second-order valence-corrected chi connectivity index (χ2v) is 9.63. The Balaban J connectivity index is 1.74. The van der Waals surface area contributed by atoms with E-state index < -0.39 is 21.7 Å². The summed E-state index contributed by atoms with van der Waals surface area (Å²) in [5, 5.41) is 10.3. The third-order valence-electron chi connectivity index (χ3n) is 4.36. The molecule has 0 aliphatic carbocycles. The number of benzene rings is 2. The van der Waals surface area contributed by atoms with Gasteiger partial charge in [-0.1, -0.05) is 26.2 Å². The summed E-state index contributed by atoms with van der Waals surface area (Å²) in [6.45, 7) is 0. The molecule has 0 spiro atoms. The molecule has 2 aromatic heterocycles. The average Bonchev–Trinajstić information content (AvgIpc) is 3.34. The number of H-pyrrole nitrogens is 1. The lowest BCUT2D eigenvalue weighted by atomic mass is 10.1. The lowest BCUT2D eigenvalue weighted by Crippen LogP contribution is -2.22. The predicted molar refractivity (Wildman–Crippen MR) is 113 cm³/mol. The van der Waals surface area contributed by atoms with E-state index in [2.05, 4.69) is 41.1 Å². The minimum absolute atomic E-state index is 0.00764. The van der Waals surface area contributed by atoms with Gasteiger partial charge in [-0.2, -0.15) is 0 Å². The Kier molecular flexibility index (Phi) is 5.24. The molecule has 2 N–H and O–H groups in total. The van der Waals surface area contributed by atoms with E-state index >= 15 is 0 Å². The Morgan fingerprint density at radius 3 is 2.58 bits per heavy atom. The molecular formula is C18H14BrN5O6S. The minimum atomic E-state index is -3.72. The fourth-order valence-corrected chi connectivity index (χ4v) is 4.09. The number of fused-ring (bicyclic) bond motifs is 1. The number of carbonyl (C=O) groups excluding carboxylic acids is 1. The van der Waals surface area contributed by atoms with Crippen molar-refractivity contribution in [3.63, 3.8) is 0 Å². The fraction of sp³-hybridized carbons (Fsp3) is 0.111. The van der Waals surface area contributed by atoms with Gasteiger partial charge in [0.25, 0.3) is 5.91 Å². The molecule has 11 nitrogen and oxygen atoms in total. The molecule has 2 aromatic carbocycles. The quantitative estimate of drug-likeness (QED) is 0.417. The molecule has 0 bridgehead atoms. The highest BCUT2D eigenvalue weighted by Crippen LogP contribution is 2.30. The monoisotopic (exact) mass is 507 g/mol. The van der Waals surface area contributed by atoms with E-state index in [1.54, 1.807) is 18.2 Å². The first-order valence-electron chi connectivity index (χ1n) is 8.66. The van der Waals surface area contributed by atoms with Crippen LogP contribution in [-0.4, -0.2) is 48.0 Å². The van der Waals surface area contributed by atoms with Crippen molar-refractivity contribution in [3.05, 3.63) is 57.1 Å². The van der Waals surface area contributed by atoms with Gasteiger partial charge in [-0.15, -0.1) is 0 Å². The molecule has 1 amide bonds. The number of nitrogens with zero attached hydrogens (tertiary/aromatic N) is 3. The number of carbonyl (C=O) groups is 1. The van der Waals surface area contributed by atoms with Crippen molar-refractivity contribution in [1.82, 2.24) is 19.6 Å². The van der Waals surface area contributed by atoms with E-state index in [0.29, 0.717) is 15.7 Å². The molecule has 0 fully saturated rings. The van der Waals surface area contributed by atoms with Gasteiger partial charge >= 0.3 is 5.76 Å². The van der Waals surface area contributed by atoms with Crippen LogP contribution in [0.2, 0.25) is 0 Å². The number of anilines is 1. The topological polar surface area (TPSA) is 151 Å². The van der Waals surface area contributed by atoms with Crippen LogP contribution >= 0.6 is 15.9 Å². The van der Waals surface area contributed by atoms with Gasteiger partial charge in [0.15, 0.2) is 17.1 Å². The molecule has 0 aliphatic rings. The summed E-state index contributed by atoms with van der Waals surface area (Å²) in [4.78, 5) is 26.7. The highest BCUT2D eigenvalue weighted by Gasteiger charge is 2.23. The van der Waals surface area contributed by atoms with Gasteiger partial charge in [0, 0.05) is 24.1 Å². The number of halogens is 1. The molecule has 0 radical (unpaired) electrons. The zero-order valence-corrected chi connectivity index (χ0v) is 18.4. The van der Waals surface area contributed by atoms with Crippen LogP contribution in [0.4, 0.5) is 5.69 Å². The summed E-state index contributed by atoms with van der Waals surface area (Å²) < 4.78 is 36.3. The first-order valence-corrected chi connectivity index (χ1v) is 10.9. The molecule has 4 rings (SSSR count). The van der Waals surface area contributed by atoms with Gasteiger partial charge in [-0.3, -0.25) is 14.3 Å². The third-order valence-corrected chi connectivity index (χ3v) is 6.66. The summed E-state index contributed by atoms with van der Waals surface area (Å²) in [6, 6.07) is 9.03. The van der Waals surface area contributed by atoms with E-state index in [9.17, 15) is 18.0 Å². The van der Waals surface area contributed by atoms with Crippen molar-refractivity contribution in [2.45, 2.75) is 4.90 Å². The maximum atomic E-state index is 12.9. The Bertz CT molecular complexity index is 1470. The van der Waals surface area contributed by atoms with Gasteiger partial charge in [-0.25, -0.2) is 17.5 Å². The Hall–Kier alpha value is -3.29. The van der Waals surface area contributed by atoms with Crippen LogP contribution in [0.25, 0.3) is 22.4 Å². The molecule has 160 valence electrons. The van der Waals surface area contributed by atoms with Crippen LogP contribution in [0.5, 0.6) is 0 Å². The van der Waals surface area contributed by atoms with Gasteiger partial charge in [-0.05, 0) is 36.4 Å². The normalized spacial score (nSPS) is 11.9. The number of aromatic amines is 1. The first-order chi connectivity index (χ1) is 14.7.